The molecule has 2 N–H and O–H groups in total. The van der Waals surface area contributed by atoms with E-state index in [0.29, 0.717) is 35.9 Å². The molecule has 28 heavy (non-hydrogen) atoms. The lowest BCUT2D eigenvalue weighted by Crippen LogP contribution is -2.39. The van der Waals surface area contributed by atoms with E-state index in [1.807, 2.05) is 4.90 Å². The molecule has 0 aliphatic carbocycles. The van der Waals surface area contributed by atoms with Gasteiger partial charge in [0.05, 0.1) is 34.3 Å². The van der Waals surface area contributed by atoms with Gasteiger partial charge in [-0.3, -0.25) is 9.59 Å². The van der Waals surface area contributed by atoms with Gasteiger partial charge in [-0.2, -0.15) is 0 Å². The summed E-state index contributed by atoms with van der Waals surface area (Å²) >= 11 is 1.31. The summed E-state index contributed by atoms with van der Waals surface area (Å²) in [6.07, 6.45) is 1.56. The van der Waals surface area contributed by atoms with Crippen LogP contribution in [0.2, 0.25) is 0 Å². The maximum Gasteiger partial charge on any atom is 0.335 e. The van der Waals surface area contributed by atoms with Gasteiger partial charge in [-0.1, -0.05) is 6.07 Å². The van der Waals surface area contributed by atoms with E-state index < -0.39 is 5.97 Å². The van der Waals surface area contributed by atoms with Crippen LogP contribution in [0, 0.1) is 5.92 Å². The van der Waals surface area contributed by atoms with Gasteiger partial charge in [0.2, 0.25) is 0 Å². The Kier molecular flexibility index (Phi) is 6.30. The molecule has 1 aromatic carbocycles. The van der Waals surface area contributed by atoms with Crippen LogP contribution in [-0.2, 0) is 9.53 Å². The van der Waals surface area contributed by atoms with Crippen molar-refractivity contribution in [3.8, 4) is 0 Å². The first kappa shape index (κ1) is 19.9. The third-order valence-electron chi connectivity index (χ3n) is 4.62. The Morgan fingerprint density at radius 2 is 2.14 bits per heavy atom. The number of ether oxygens (including phenoxy) is 1. The summed E-state index contributed by atoms with van der Waals surface area (Å²) in [5.41, 5.74) is 1.20. The Balaban J connectivity index is 1.87. The number of thiophene rings is 1. The SMILES string of the molecule is CCOC(=O)[C@H]1CCCN(c2ccc(C(=O)O)cc2NC(=O)c2cccs2)C1. The summed E-state index contributed by atoms with van der Waals surface area (Å²) in [5, 5.41) is 13.9. The van der Waals surface area contributed by atoms with Crippen LogP contribution in [0.5, 0.6) is 0 Å². The van der Waals surface area contributed by atoms with Crippen molar-refractivity contribution in [1.82, 2.24) is 0 Å². The van der Waals surface area contributed by atoms with E-state index in [4.69, 9.17) is 4.74 Å². The third-order valence-corrected chi connectivity index (χ3v) is 5.49. The minimum atomic E-state index is -1.07. The molecule has 0 bridgehead atoms. The third kappa shape index (κ3) is 4.51. The van der Waals surface area contributed by atoms with Crippen molar-refractivity contribution < 1.29 is 24.2 Å². The number of hydrogen-bond acceptors (Lipinski definition) is 6. The monoisotopic (exact) mass is 402 g/mol. The summed E-state index contributed by atoms with van der Waals surface area (Å²) in [7, 11) is 0. The highest BCUT2D eigenvalue weighted by Gasteiger charge is 2.28. The average molecular weight is 402 g/mol. The van der Waals surface area contributed by atoms with Gasteiger partial charge in [-0.25, -0.2) is 4.79 Å². The van der Waals surface area contributed by atoms with E-state index in [9.17, 15) is 19.5 Å². The molecule has 1 aromatic heterocycles. The molecule has 1 fully saturated rings. The molecule has 1 atom stereocenters. The van der Waals surface area contributed by atoms with Crippen LogP contribution in [-0.4, -0.2) is 42.6 Å². The number of carbonyl (C=O) groups excluding carboxylic acids is 2. The fourth-order valence-electron chi connectivity index (χ4n) is 3.29. The number of nitrogens with one attached hydrogen (secondary N) is 1. The molecule has 0 radical (unpaired) electrons. The number of carboxylic acids is 1. The van der Waals surface area contributed by atoms with Crippen molar-refractivity contribution in [2.45, 2.75) is 19.8 Å². The van der Waals surface area contributed by atoms with Crippen molar-refractivity contribution in [3.05, 3.63) is 46.2 Å². The molecule has 0 saturated carbocycles. The molecule has 0 spiro atoms. The molecule has 148 valence electrons. The predicted octanol–water partition coefficient (Wildman–Crippen LogP) is 3.48. The second kappa shape index (κ2) is 8.88. The molecule has 0 unspecified atom stereocenters. The smallest absolute Gasteiger partial charge is 0.335 e. The van der Waals surface area contributed by atoms with Gasteiger partial charge in [0, 0.05) is 13.1 Å². The largest absolute Gasteiger partial charge is 0.478 e. The van der Waals surface area contributed by atoms with E-state index in [0.717, 1.165) is 12.8 Å². The molecule has 8 heteroatoms. The zero-order valence-corrected chi connectivity index (χ0v) is 16.3. The van der Waals surface area contributed by atoms with Gasteiger partial charge in [-0.05, 0) is 49.4 Å². The first-order chi connectivity index (χ1) is 13.5. The molecular weight excluding hydrogens is 380 g/mol. The molecule has 2 aromatic rings. The molecular formula is C20H22N2O5S. The number of esters is 1. The van der Waals surface area contributed by atoms with Crippen LogP contribution in [0.1, 0.15) is 39.8 Å². The van der Waals surface area contributed by atoms with Crippen molar-refractivity contribution in [2.75, 3.05) is 29.9 Å². The van der Waals surface area contributed by atoms with Crippen LogP contribution in [0.3, 0.4) is 0 Å². The summed E-state index contributed by atoms with van der Waals surface area (Å²) < 4.78 is 5.15. The number of nitrogens with zero attached hydrogens (tertiary/aromatic N) is 1. The standard InChI is InChI=1S/C20H22N2O5S/c1-2-27-20(26)14-5-3-9-22(12-14)16-8-7-13(19(24)25)11-15(16)21-18(23)17-6-4-10-28-17/h4,6-8,10-11,14H,2-3,5,9,12H2,1H3,(H,21,23)(H,24,25)/t14-/m0/s1. The van der Waals surface area contributed by atoms with Crippen LogP contribution in [0.4, 0.5) is 11.4 Å². The predicted molar refractivity (Wildman–Crippen MR) is 107 cm³/mol. The van der Waals surface area contributed by atoms with Gasteiger partial charge >= 0.3 is 11.9 Å². The first-order valence-corrected chi connectivity index (χ1v) is 10.0. The Labute approximate surface area is 166 Å². The second-order valence-corrected chi connectivity index (χ2v) is 7.45. The van der Waals surface area contributed by atoms with Crippen molar-refractivity contribution in [3.63, 3.8) is 0 Å². The molecule has 1 amide bonds. The number of aromatic carboxylic acids is 1. The highest BCUT2D eigenvalue weighted by molar-refractivity contribution is 7.12. The Hall–Kier alpha value is -2.87. The number of benzene rings is 1. The number of carbonyl (C=O) groups is 3. The molecule has 1 aliphatic heterocycles. The van der Waals surface area contributed by atoms with Crippen LogP contribution >= 0.6 is 11.3 Å². The molecule has 1 saturated heterocycles. The maximum atomic E-state index is 12.5. The van der Waals surface area contributed by atoms with Gasteiger partial charge < -0.3 is 20.1 Å². The molecule has 1 aliphatic rings. The van der Waals surface area contributed by atoms with Gasteiger partial charge in [0.15, 0.2) is 0 Å². The lowest BCUT2D eigenvalue weighted by Gasteiger charge is -2.34. The normalized spacial score (nSPS) is 16.5. The molecule has 3 rings (SSSR count). The fourth-order valence-corrected chi connectivity index (χ4v) is 3.90. The minimum absolute atomic E-state index is 0.0872. The highest BCUT2D eigenvalue weighted by atomic mass is 32.1. The number of piperidine rings is 1. The number of rotatable bonds is 6. The Bertz CT molecular complexity index is 865. The van der Waals surface area contributed by atoms with E-state index in [2.05, 4.69) is 5.32 Å². The topological polar surface area (TPSA) is 95.9 Å². The first-order valence-electron chi connectivity index (χ1n) is 9.13. The zero-order chi connectivity index (χ0) is 20.1. The minimum Gasteiger partial charge on any atom is -0.478 e. The summed E-state index contributed by atoms with van der Waals surface area (Å²) in [5.74, 6) is -1.83. The van der Waals surface area contributed by atoms with E-state index in [1.165, 1.54) is 23.5 Å². The van der Waals surface area contributed by atoms with Crippen LogP contribution < -0.4 is 10.2 Å². The van der Waals surface area contributed by atoms with Crippen molar-refractivity contribution in [1.29, 1.82) is 0 Å². The van der Waals surface area contributed by atoms with Crippen molar-refractivity contribution >= 4 is 40.6 Å². The van der Waals surface area contributed by atoms with Crippen molar-refractivity contribution in [2.24, 2.45) is 5.92 Å². The number of carboxylic acid groups (broad SMARTS) is 1. The van der Waals surface area contributed by atoms with Crippen LogP contribution in [0.15, 0.2) is 35.7 Å². The van der Waals surface area contributed by atoms with E-state index >= 15 is 0 Å². The lowest BCUT2D eigenvalue weighted by atomic mass is 9.97. The second-order valence-electron chi connectivity index (χ2n) is 6.51. The summed E-state index contributed by atoms with van der Waals surface area (Å²) in [6, 6.07) is 8.13. The average Bonchev–Trinajstić information content (AvgIpc) is 3.23. The Morgan fingerprint density at radius 3 is 2.82 bits per heavy atom. The Morgan fingerprint density at radius 1 is 1.32 bits per heavy atom. The highest BCUT2D eigenvalue weighted by Crippen LogP contribution is 2.32. The van der Waals surface area contributed by atoms with E-state index in [-0.39, 0.29) is 23.4 Å². The number of amides is 1. The lowest BCUT2D eigenvalue weighted by molar-refractivity contribution is -0.148. The number of hydrogen-bond donors (Lipinski definition) is 2. The van der Waals surface area contributed by atoms with Gasteiger partial charge in [-0.15, -0.1) is 11.3 Å². The quantitative estimate of drug-likeness (QED) is 0.718. The summed E-state index contributed by atoms with van der Waals surface area (Å²) in [4.78, 5) is 38.6. The molecule has 2 heterocycles. The van der Waals surface area contributed by atoms with E-state index in [1.54, 1.807) is 30.5 Å². The number of anilines is 2. The summed E-state index contributed by atoms with van der Waals surface area (Å²) in [6.45, 7) is 3.30. The van der Waals surface area contributed by atoms with Gasteiger partial charge in [0.1, 0.15) is 0 Å². The zero-order valence-electron chi connectivity index (χ0n) is 15.5. The van der Waals surface area contributed by atoms with Gasteiger partial charge in [0.25, 0.3) is 5.91 Å². The molecule has 7 nitrogen and oxygen atoms in total. The van der Waals surface area contributed by atoms with Crippen LogP contribution in [0.25, 0.3) is 0 Å². The maximum absolute atomic E-state index is 12.5. The fraction of sp³-hybridized carbons (Fsp3) is 0.350.